The number of hydrogen-bond acceptors (Lipinski definition) is 2. The number of aromatic nitrogens is 2. The molecule has 2 aromatic rings. The van der Waals surface area contributed by atoms with Crippen LogP contribution in [-0.4, -0.2) is 9.55 Å². The van der Waals surface area contributed by atoms with E-state index in [1.54, 1.807) is 6.20 Å². The van der Waals surface area contributed by atoms with Gasteiger partial charge >= 0.3 is 0 Å². The first-order chi connectivity index (χ1) is 7.27. The Hall–Kier alpha value is -2.03. The number of benzene rings is 1. The first-order valence-corrected chi connectivity index (χ1v) is 4.77. The summed E-state index contributed by atoms with van der Waals surface area (Å²) in [5, 5.41) is 0. The van der Waals surface area contributed by atoms with Gasteiger partial charge in [0.2, 0.25) is 0 Å². The molecule has 1 aromatic heterocycles. The van der Waals surface area contributed by atoms with Crippen LogP contribution in [0, 0.1) is 0 Å². The van der Waals surface area contributed by atoms with Crippen molar-refractivity contribution in [3.05, 3.63) is 47.9 Å². The normalized spacial score (nSPS) is 11.0. The first kappa shape index (κ1) is 9.52. The van der Waals surface area contributed by atoms with Crippen molar-refractivity contribution in [3.8, 4) is 0 Å². The second-order valence-corrected chi connectivity index (χ2v) is 3.34. The van der Waals surface area contributed by atoms with Crippen LogP contribution in [0.15, 0.2) is 36.5 Å². The summed E-state index contributed by atoms with van der Waals surface area (Å²) >= 11 is 0. The Morgan fingerprint density at radius 1 is 1.20 bits per heavy atom. The molecule has 0 radical (unpaired) electrons. The molecule has 3 heteroatoms. The van der Waals surface area contributed by atoms with Gasteiger partial charge in [0, 0.05) is 7.05 Å². The van der Waals surface area contributed by atoms with Crippen molar-refractivity contribution in [2.75, 3.05) is 5.73 Å². The zero-order chi connectivity index (χ0) is 10.7. The van der Waals surface area contributed by atoms with Crippen LogP contribution in [0.2, 0.25) is 0 Å². The minimum absolute atomic E-state index is 0.669. The highest BCUT2D eigenvalue weighted by atomic mass is 15.1. The highest BCUT2D eigenvalue weighted by Gasteiger charge is 1.98. The third-order valence-electron chi connectivity index (χ3n) is 2.28. The minimum atomic E-state index is 0.669. The maximum absolute atomic E-state index is 5.68. The monoisotopic (exact) mass is 199 g/mol. The molecule has 76 valence electrons. The lowest BCUT2D eigenvalue weighted by Crippen LogP contribution is -1.97. The van der Waals surface area contributed by atoms with E-state index < -0.39 is 0 Å². The number of rotatable bonds is 2. The molecule has 3 nitrogen and oxygen atoms in total. The maximum atomic E-state index is 5.68. The smallest absolute Gasteiger partial charge is 0.133 e. The highest BCUT2D eigenvalue weighted by Crippen LogP contribution is 2.09. The van der Waals surface area contributed by atoms with E-state index in [4.69, 9.17) is 5.73 Å². The first-order valence-electron chi connectivity index (χ1n) is 4.77. The third-order valence-corrected chi connectivity index (χ3v) is 2.28. The van der Waals surface area contributed by atoms with Gasteiger partial charge in [0.15, 0.2) is 0 Å². The van der Waals surface area contributed by atoms with Crippen LogP contribution in [0.5, 0.6) is 0 Å². The molecule has 0 atom stereocenters. The van der Waals surface area contributed by atoms with Crippen molar-refractivity contribution in [2.45, 2.75) is 0 Å². The van der Waals surface area contributed by atoms with Crippen molar-refractivity contribution >= 4 is 18.0 Å². The molecule has 0 spiro atoms. The average Bonchev–Trinajstić information content (AvgIpc) is 2.59. The quantitative estimate of drug-likeness (QED) is 0.805. The van der Waals surface area contributed by atoms with Gasteiger partial charge in [0.05, 0.1) is 6.20 Å². The predicted molar refractivity (Wildman–Crippen MR) is 63.0 cm³/mol. The second kappa shape index (κ2) is 4.00. The molecule has 0 bridgehead atoms. The number of anilines is 1. The van der Waals surface area contributed by atoms with Crippen LogP contribution in [0.1, 0.15) is 11.4 Å². The van der Waals surface area contributed by atoms with Gasteiger partial charge in [0.25, 0.3) is 0 Å². The molecule has 0 fully saturated rings. The number of nitrogen functional groups attached to an aromatic ring is 1. The van der Waals surface area contributed by atoms with Gasteiger partial charge in [-0.1, -0.05) is 36.4 Å². The Morgan fingerprint density at radius 3 is 2.53 bits per heavy atom. The molecule has 2 N–H and O–H groups in total. The molecule has 0 aliphatic heterocycles. The molecular formula is C12H13N3. The summed E-state index contributed by atoms with van der Waals surface area (Å²) in [6, 6.07) is 10.1. The van der Waals surface area contributed by atoms with Gasteiger partial charge in [-0.3, -0.25) is 0 Å². The van der Waals surface area contributed by atoms with Crippen molar-refractivity contribution in [1.82, 2.24) is 9.55 Å². The van der Waals surface area contributed by atoms with Crippen LogP contribution in [-0.2, 0) is 7.05 Å². The van der Waals surface area contributed by atoms with Crippen LogP contribution in [0.25, 0.3) is 12.2 Å². The molecule has 15 heavy (non-hydrogen) atoms. The van der Waals surface area contributed by atoms with E-state index in [1.807, 2.05) is 54.1 Å². The summed E-state index contributed by atoms with van der Waals surface area (Å²) in [5.74, 6) is 1.53. The summed E-state index contributed by atoms with van der Waals surface area (Å²) in [6.45, 7) is 0. The predicted octanol–water partition coefficient (Wildman–Crippen LogP) is 2.17. The Morgan fingerprint density at radius 2 is 1.93 bits per heavy atom. The zero-order valence-electron chi connectivity index (χ0n) is 8.59. The van der Waals surface area contributed by atoms with Gasteiger partial charge in [-0.05, 0) is 11.6 Å². The maximum Gasteiger partial charge on any atom is 0.133 e. The van der Waals surface area contributed by atoms with Crippen molar-refractivity contribution in [3.63, 3.8) is 0 Å². The number of hydrogen-bond donors (Lipinski definition) is 1. The Labute approximate surface area is 88.9 Å². The molecule has 0 saturated carbocycles. The summed E-state index contributed by atoms with van der Waals surface area (Å²) < 4.78 is 1.85. The molecule has 0 amide bonds. The van der Waals surface area contributed by atoms with Gasteiger partial charge in [-0.15, -0.1) is 0 Å². The fourth-order valence-corrected chi connectivity index (χ4v) is 1.33. The SMILES string of the molecule is Cn1c(N)cnc1/C=C/c1ccccc1. The van der Waals surface area contributed by atoms with E-state index in [0.29, 0.717) is 5.82 Å². The van der Waals surface area contributed by atoms with E-state index in [2.05, 4.69) is 4.98 Å². The third kappa shape index (κ3) is 2.07. The fraction of sp³-hybridized carbons (Fsp3) is 0.0833. The molecule has 0 aliphatic carbocycles. The Bertz CT molecular complexity index is 469. The van der Waals surface area contributed by atoms with Crippen molar-refractivity contribution < 1.29 is 0 Å². The molecule has 1 heterocycles. The van der Waals surface area contributed by atoms with Crippen LogP contribution < -0.4 is 5.73 Å². The molecule has 1 aromatic carbocycles. The average molecular weight is 199 g/mol. The topological polar surface area (TPSA) is 43.8 Å². The second-order valence-electron chi connectivity index (χ2n) is 3.34. The fourth-order valence-electron chi connectivity index (χ4n) is 1.33. The lowest BCUT2D eigenvalue weighted by atomic mass is 10.2. The Balaban J connectivity index is 2.23. The lowest BCUT2D eigenvalue weighted by molar-refractivity contribution is 0.909. The Kier molecular flexibility index (Phi) is 2.54. The standard InChI is InChI=1S/C12H13N3/c1-15-11(13)9-14-12(15)8-7-10-5-3-2-4-6-10/h2-9H,13H2,1H3/b8-7+. The number of nitrogens with zero attached hydrogens (tertiary/aromatic N) is 2. The van der Waals surface area contributed by atoms with Crippen molar-refractivity contribution in [2.24, 2.45) is 7.05 Å². The van der Waals surface area contributed by atoms with E-state index in [0.717, 1.165) is 11.4 Å². The summed E-state index contributed by atoms with van der Waals surface area (Å²) in [5.41, 5.74) is 6.83. The van der Waals surface area contributed by atoms with Crippen LogP contribution in [0.3, 0.4) is 0 Å². The van der Waals surface area contributed by atoms with Crippen LogP contribution >= 0.6 is 0 Å². The minimum Gasteiger partial charge on any atom is -0.384 e. The zero-order valence-corrected chi connectivity index (χ0v) is 8.59. The molecule has 0 saturated heterocycles. The van der Waals surface area contributed by atoms with Crippen molar-refractivity contribution in [1.29, 1.82) is 0 Å². The van der Waals surface area contributed by atoms with Gasteiger partial charge in [-0.2, -0.15) is 0 Å². The van der Waals surface area contributed by atoms with Gasteiger partial charge in [-0.25, -0.2) is 4.98 Å². The van der Waals surface area contributed by atoms with Gasteiger partial charge in [0.1, 0.15) is 11.6 Å². The van der Waals surface area contributed by atoms with E-state index in [9.17, 15) is 0 Å². The number of imidazole rings is 1. The highest BCUT2D eigenvalue weighted by molar-refractivity contribution is 5.67. The summed E-state index contributed by atoms with van der Waals surface area (Å²) in [6.07, 6.45) is 5.62. The number of nitrogens with two attached hydrogens (primary N) is 1. The van der Waals surface area contributed by atoms with E-state index in [1.165, 1.54) is 0 Å². The molecular weight excluding hydrogens is 186 g/mol. The largest absolute Gasteiger partial charge is 0.384 e. The molecule has 2 rings (SSSR count). The molecule has 0 aliphatic rings. The summed E-state index contributed by atoms with van der Waals surface area (Å²) in [4.78, 5) is 4.18. The van der Waals surface area contributed by atoms with E-state index >= 15 is 0 Å². The summed E-state index contributed by atoms with van der Waals surface area (Å²) in [7, 11) is 1.90. The van der Waals surface area contributed by atoms with Gasteiger partial charge < -0.3 is 10.3 Å². The lowest BCUT2D eigenvalue weighted by Gasteiger charge is -1.97. The van der Waals surface area contributed by atoms with E-state index in [-0.39, 0.29) is 0 Å². The van der Waals surface area contributed by atoms with Crippen LogP contribution in [0.4, 0.5) is 5.82 Å². The molecule has 0 unspecified atom stereocenters.